The maximum absolute atomic E-state index is 14.9. The van der Waals surface area contributed by atoms with Crippen molar-refractivity contribution in [3.63, 3.8) is 0 Å². The highest BCUT2D eigenvalue weighted by molar-refractivity contribution is 7.27. The predicted molar refractivity (Wildman–Crippen MR) is 132 cm³/mol. The van der Waals surface area contributed by atoms with Gasteiger partial charge in [-0.3, -0.25) is 0 Å². The maximum Gasteiger partial charge on any atom is 0.129 e. The van der Waals surface area contributed by atoms with Crippen molar-refractivity contribution >= 4 is 20.4 Å². The average molecular weight is 445 g/mol. The molecule has 1 N–H and O–H groups in total. The molecule has 168 valence electrons. The Bertz CT molecular complexity index is 881. The van der Waals surface area contributed by atoms with Gasteiger partial charge in [0.25, 0.3) is 0 Å². The van der Waals surface area contributed by atoms with E-state index in [0.29, 0.717) is 24.4 Å². The molecule has 2 unspecified atom stereocenters. The standard InChI is InChI=1S/C26H35F2N2P/c1-5-7-19(4)12-21-13-24(28)23(25(31)14-21)17-30-26(29-16-18(3)6-2)15-20-8-10-22(27)11-9-20/h8-11,13-14,16,19H,5-7,12,15,17,31H2,1-4H3,(H,29,30)/b18-16+. The van der Waals surface area contributed by atoms with Gasteiger partial charge >= 0.3 is 0 Å². The molecule has 0 aliphatic heterocycles. The van der Waals surface area contributed by atoms with E-state index in [-0.39, 0.29) is 11.6 Å². The number of aliphatic imine (C=N–C) groups is 1. The van der Waals surface area contributed by atoms with Gasteiger partial charge in [-0.1, -0.05) is 57.4 Å². The van der Waals surface area contributed by atoms with Gasteiger partial charge in [-0.15, -0.1) is 9.24 Å². The fourth-order valence-corrected chi connectivity index (χ4v) is 3.89. The molecular formula is C26H35F2N2P. The molecule has 0 saturated heterocycles. The predicted octanol–water partition coefficient (Wildman–Crippen LogP) is 6.49. The molecule has 2 atom stereocenters. The number of hydrogen-bond donors (Lipinski definition) is 1. The molecule has 0 spiro atoms. The first-order chi connectivity index (χ1) is 14.8. The van der Waals surface area contributed by atoms with Crippen molar-refractivity contribution in [2.24, 2.45) is 10.9 Å². The number of halogens is 2. The summed E-state index contributed by atoms with van der Waals surface area (Å²) in [6, 6.07) is 10.1. The van der Waals surface area contributed by atoms with Crippen LogP contribution >= 0.6 is 9.24 Å². The topological polar surface area (TPSA) is 24.4 Å². The van der Waals surface area contributed by atoms with Gasteiger partial charge in [0.2, 0.25) is 0 Å². The van der Waals surface area contributed by atoms with Crippen molar-refractivity contribution in [3.05, 3.63) is 76.5 Å². The lowest BCUT2D eigenvalue weighted by Gasteiger charge is -2.15. The van der Waals surface area contributed by atoms with Crippen LogP contribution in [0.3, 0.4) is 0 Å². The van der Waals surface area contributed by atoms with Gasteiger partial charge in [0, 0.05) is 24.7 Å². The summed E-state index contributed by atoms with van der Waals surface area (Å²) in [4.78, 5) is 4.58. The van der Waals surface area contributed by atoms with Gasteiger partial charge in [-0.2, -0.15) is 0 Å². The molecule has 31 heavy (non-hydrogen) atoms. The zero-order valence-electron chi connectivity index (χ0n) is 19.1. The number of benzene rings is 2. The minimum atomic E-state index is -0.264. The molecule has 0 bridgehead atoms. The van der Waals surface area contributed by atoms with Gasteiger partial charge < -0.3 is 5.32 Å². The molecule has 2 aromatic carbocycles. The Morgan fingerprint density at radius 1 is 1.13 bits per heavy atom. The summed E-state index contributed by atoms with van der Waals surface area (Å²) in [6.45, 7) is 8.83. The lowest BCUT2D eigenvalue weighted by Crippen LogP contribution is -2.27. The molecule has 2 nitrogen and oxygen atoms in total. The van der Waals surface area contributed by atoms with E-state index in [0.717, 1.165) is 53.5 Å². The second-order valence-electron chi connectivity index (χ2n) is 8.30. The van der Waals surface area contributed by atoms with E-state index >= 15 is 0 Å². The third kappa shape index (κ3) is 8.53. The Labute approximate surface area is 188 Å². The summed E-state index contributed by atoms with van der Waals surface area (Å²) in [5.74, 6) is 0.810. The number of rotatable bonds is 10. The summed E-state index contributed by atoms with van der Waals surface area (Å²) in [7, 11) is 2.67. The Balaban J connectivity index is 2.16. The number of nitrogens with zero attached hydrogens (tertiary/aromatic N) is 1. The highest BCUT2D eigenvalue weighted by Crippen LogP contribution is 2.17. The zero-order chi connectivity index (χ0) is 22.8. The fraction of sp³-hybridized carbons (Fsp3) is 0.423. The van der Waals surface area contributed by atoms with E-state index in [9.17, 15) is 8.78 Å². The van der Waals surface area contributed by atoms with E-state index in [4.69, 9.17) is 0 Å². The largest absolute Gasteiger partial charge is 0.369 e. The zero-order valence-corrected chi connectivity index (χ0v) is 20.3. The Morgan fingerprint density at radius 3 is 2.45 bits per heavy atom. The van der Waals surface area contributed by atoms with Gasteiger partial charge in [0.15, 0.2) is 0 Å². The van der Waals surface area contributed by atoms with Crippen LogP contribution in [0.15, 0.2) is 53.2 Å². The van der Waals surface area contributed by atoms with Gasteiger partial charge in [0.05, 0.1) is 0 Å². The number of nitrogens with one attached hydrogen (secondary N) is 1. The Morgan fingerprint density at radius 2 is 1.84 bits per heavy atom. The molecule has 5 heteroatoms. The number of amidine groups is 1. The molecule has 0 amide bonds. The van der Waals surface area contributed by atoms with Crippen LogP contribution in [-0.4, -0.2) is 5.84 Å². The highest BCUT2D eigenvalue weighted by Gasteiger charge is 2.12. The summed E-state index contributed by atoms with van der Waals surface area (Å²) < 4.78 is 28.1. The van der Waals surface area contributed by atoms with Crippen LogP contribution in [0.1, 0.15) is 63.6 Å². The first kappa shape index (κ1) is 25.2. The first-order valence-electron chi connectivity index (χ1n) is 11.1. The molecule has 0 aromatic heterocycles. The summed E-state index contributed by atoms with van der Waals surface area (Å²) in [5.41, 5.74) is 3.76. The van der Waals surface area contributed by atoms with E-state index < -0.39 is 0 Å². The molecule has 2 rings (SSSR count). The molecular weight excluding hydrogens is 409 g/mol. The molecule has 0 heterocycles. The van der Waals surface area contributed by atoms with Crippen molar-refractivity contribution < 1.29 is 8.78 Å². The lowest BCUT2D eigenvalue weighted by atomic mass is 9.96. The van der Waals surface area contributed by atoms with Crippen molar-refractivity contribution in [3.8, 4) is 0 Å². The van der Waals surface area contributed by atoms with Crippen molar-refractivity contribution in [1.29, 1.82) is 0 Å². The second kappa shape index (κ2) is 12.7. The average Bonchev–Trinajstić information content (AvgIpc) is 2.72. The fourth-order valence-electron chi connectivity index (χ4n) is 3.44. The Kier molecular flexibility index (Phi) is 10.3. The highest BCUT2D eigenvalue weighted by atomic mass is 31.0. The summed E-state index contributed by atoms with van der Waals surface area (Å²) in [5, 5.41) is 4.17. The number of allylic oxidation sites excluding steroid dienone is 1. The van der Waals surface area contributed by atoms with E-state index in [1.807, 2.05) is 13.1 Å². The van der Waals surface area contributed by atoms with Crippen LogP contribution in [0.25, 0.3) is 0 Å². The molecule has 0 fully saturated rings. The third-order valence-corrected chi connectivity index (χ3v) is 5.92. The molecule has 0 radical (unpaired) electrons. The second-order valence-corrected chi connectivity index (χ2v) is 8.93. The smallest absolute Gasteiger partial charge is 0.129 e. The van der Waals surface area contributed by atoms with Crippen molar-refractivity contribution in [2.45, 2.75) is 66.3 Å². The SMILES string of the molecule is CCCC(C)Cc1cc(F)c(CN/C(Cc2ccc(F)cc2)=N/C=C(\C)CC)c(P)c1. The van der Waals surface area contributed by atoms with E-state index in [1.165, 1.54) is 12.1 Å². The normalized spacial score (nSPS) is 13.4. The number of hydrogen-bond acceptors (Lipinski definition) is 1. The van der Waals surface area contributed by atoms with Crippen LogP contribution in [0, 0.1) is 17.6 Å². The van der Waals surface area contributed by atoms with Crippen molar-refractivity contribution in [1.82, 2.24) is 5.32 Å². The Hall–Kier alpha value is -2.06. The van der Waals surface area contributed by atoms with Crippen LogP contribution < -0.4 is 10.6 Å². The monoisotopic (exact) mass is 444 g/mol. The first-order valence-corrected chi connectivity index (χ1v) is 11.7. The van der Waals surface area contributed by atoms with E-state index in [2.05, 4.69) is 46.4 Å². The maximum atomic E-state index is 14.9. The summed E-state index contributed by atoms with van der Waals surface area (Å²) in [6.07, 6.45) is 6.44. The van der Waals surface area contributed by atoms with Crippen LogP contribution in [0.5, 0.6) is 0 Å². The third-order valence-electron chi connectivity index (χ3n) is 5.41. The quantitative estimate of drug-likeness (QED) is 0.253. The van der Waals surface area contributed by atoms with Crippen LogP contribution in [-0.2, 0) is 19.4 Å². The molecule has 0 saturated carbocycles. The van der Waals surface area contributed by atoms with Crippen molar-refractivity contribution in [2.75, 3.05) is 0 Å². The van der Waals surface area contributed by atoms with Gasteiger partial charge in [0.1, 0.15) is 17.5 Å². The molecule has 0 aliphatic carbocycles. The molecule has 2 aromatic rings. The van der Waals surface area contributed by atoms with Gasteiger partial charge in [-0.05, 0) is 60.3 Å². The summed E-state index contributed by atoms with van der Waals surface area (Å²) >= 11 is 0. The lowest BCUT2D eigenvalue weighted by molar-refractivity contribution is 0.519. The molecule has 0 aliphatic rings. The van der Waals surface area contributed by atoms with Crippen LogP contribution in [0.4, 0.5) is 8.78 Å². The minimum absolute atomic E-state index is 0.194. The van der Waals surface area contributed by atoms with E-state index in [1.54, 1.807) is 18.2 Å². The van der Waals surface area contributed by atoms with Gasteiger partial charge in [-0.25, -0.2) is 13.8 Å². The van der Waals surface area contributed by atoms with Crippen LogP contribution in [0.2, 0.25) is 0 Å². The minimum Gasteiger partial charge on any atom is -0.369 e.